The van der Waals surface area contributed by atoms with Crippen molar-refractivity contribution in [2.45, 2.75) is 6.92 Å². The van der Waals surface area contributed by atoms with Crippen molar-refractivity contribution in [1.29, 1.82) is 0 Å². The highest BCUT2D eigenvalue weighted by Crippen LogP contribution is 2.22. The lowest BCUT2D eigenvalue weighted by atomic mass is 10.2. The molecule has 4 aromatic rings. The number of nitrogens with one attached hydrogen (secondary N) is 3. The summed E-state index contributed by atoms with van der Waals surface area (Å²) < 4.78 is 13.4. The molecule has 3 heterocycles. The van der Waals surface area contributed by atoms with Gasteiger partial charge in [0, 0.05) is 23.0 Å². The maximum Gasteiger partial charge on any atom is 0.259 e. The molecule has 134 valence electrons. The van der Waals surface area contributed by atoms with Crippen LogP contribution in [0.4, 0.5) is 21.6 Å². The Morgan fingerprint density at radius 3 is 2.85 bits per heavy atom. The van der Waals surface area contributed by atoms with Crippen molar-refractivity contribution < 1.29 is 9.18 Å². The number of nitrogens with zero attached hydrogens (tertiary/aromatic N) is 3. The molecule has 3 N–H and O–H groups in total. The SMILES string of the molecule is Cc1[nH]nc2ncc(NC(=O)c3cccnc3Nc3cccc(F)c3)cc12. The molecule has 3 aromatic heterocycles. The number of aromatic amines is 1. The highest BCUT2D eigenvalue weighted by atomic mass is 19.1. The summed E-state index contributed by atoms with van der Waals surface area (Å²) >= 11 is 0. The third-order valence-electron chi connectivity index (χ3n) is 4.00. The molecule has 0 atom stereocenters. The van der Waals surface area contributed by atoms with Crippen LogP contribution in [0.25, 0.3) is 11.0 Å². The Morgan fingerprint density at radius 1 is 1.11 bits per heavy atom. The number of aryl methyl sites for hydroxylation is 1. The molecule has 8 heteroatoms. The number of fused-ring (bicyclic) bond motifs is 1. The predicted octanol–water partition coefficient (Wildman–Crippen LogP) is 3.80. The number of rotatable bonds is 4. The largest absolute Gasteiger partial charge is 0.339 e. The minimum atomic E-state index is -0.378. The van der Waals surface area contributed by atoms with Gasteiger partial charge in [0.1, 0.15) is 11.6 Å². The summed E-state index contributed by atoms with van der Waals surface area (Å²) in [5.74, 6) is -0.407. The van der Waals surface area contributed by atoms with Gasteiger partial charge in [0.05, 0.1) is 17.4 Å². The van der Waals surface area contributed by atoms with E-state index in [1.165, 1.54) is 18.3 Å². The van der Waals surface area contributed by atoms with Crippen LogP contribution >= 0.6 is 0 Å². The summed E-state index contributed by atoms with van der Waals surface area (Å²) in [7, 11) is 0. The Hall–Kier alpha value is -3.81. The van der Waals surface area contributed by atoms with E-state index in [1.54, 1.807) is 36.5 Å². The van der Waals surface area contributed by atoms with Gasteiger partial charge >= 0.3 is 0 Å². The quantitative estimate of drug-likeness (QED) is 0.513. The van der Waals surface area contributed by atoms with E-state index in [4.69, 9.17) is 0 Å². The fourth-order valence-electron chi connectivity index (χ4n) is 2.68. The van der Waals surface area contributed by atoms with Gasteiger partial charge < -0.3 is 10.6 Å². The molecule has 0 fully saturated rings. The minimum Gasteiger partial charge on any atom is -0.339 e. The van der Waals surface area contributed by atoms with E-state index >= 15 is 0 Å². The van der Waals surface area contributed by atoms with Gasteiger partial charge in [-0.25, -0.2) is 14.4 Å². The van der Waals surface area contributed by atoms with Gasteiger partial charge in [0.15, 0.2) is 5.65 Å². The molecule has 0 radical (unpaired) electrons. The summed E-state index contributed by atoms with van der Waals surface area (Å²) in [6.07, 6.45) is 3.09. The summed E-state index contributed by atoms with van der Waals surface area (Å²) in [5.41, 5.74) is 2.81. The van der Waals surface area contributed by atoms with Crippen molar-refractivity contribution in [2.24, 2.45) is 0 Å². The van der Waals surface area contributed by atoms with Gasteiger partial charge in [-0.15, -0.1) is 0 Å². The molecule has 0 aliphatic carbocycles. The molecule has 7 nitrogen and oxygen atoms in total. The Morgan fingerprint density at radius 2 is 2.00 bits per heavy atom. The molecular weight excluding hydrogens is 347 g/mol. The zero-order chi connectivity index (χ0) is 18.8. The van der Waals surface area contributed by atoms with Crippen LogP contribution in [0.1, 0.15) is 16.1 Å². The van der Waals surface area contributed by atoms with Crippen molar-refractivity contribution in [2.75, 3.05) is 10.6 Å². The van der Waals surface area contributed by atoms with E-state index in [0.717, 1.165) is 11.1 Å². The summed E-state index contributed by atoms with van der Waals surface area (Å²) in [5, 5.41) is 13.5. The summed E-state index contributed by atoms with van der Waals surface area (Å²) in [6, 6.07) is 11.0. The van der Waals surface area contributed by atoms with Gasteiger partial charge in [0.25, 0.3) is 5.91 Å². The highest BCUT2D eigenvalue weighted by Gasteiger charge is 2.14. The second-order valence-electron chi connectivity index (χ2n) is 5.93. The van der Waals surface area contributed by atoms with Gasteiger partial charge in [-0.05, 0) is 43.3 Å². The molecule has 0 spiro atoms. The first-order valence-corrected chi connectivity index (χ1v) is 8.20. The van der Waals surface area contributed by atoms with Crippen LogP contribution < -0.4 is 10.6 Å². The number of benzene rings is 1. The molecule has 0 saturated heterocycles. The smallest absolute Gasteiger partial charge is 0.259 e. The van der Waals surface area contributed by atoms with Crippen LogP contribution in [0.3, 0.4) is 0 Å². The number of halogens is 1. The van der Waals surface area contributed by atoms with Gasteiger partial charge in [-0.2, -0.15) is 5.10 Å². The first-order valence-electron chi connectivity index (χ1n) is 8.20. The topological polar surface area (TPSA) is 95.6 Å². The molecular formula is C19H15FN6O. The molecule has 0 aliphatic heterocycles. The van der Waals surface area contributed by atoms with Crippen molar-refractivity contribution in [3.8, 4) is 0 Å². The molecule has 0 saturated carbocycles. The lowest BCUT2D eigenvalue weighted by Gasteiger charge is -2.11. The van der Waals surface area contributed by atoms with E-state index in [9.17, 15) is 9.18 Å². The number of hydrogen-bond donors (Lipinski definition) is 3. The number of carbonyl (C=O) groups is 1. The monoisotopic (exact) mass is 362 g/mol. The lowest BCUT2D eigenvalue weighted by Crippen LogP contribution is -2.14. The number of aromatic nitrogens is 4. The van der Waals surface area contributed by atoms with Gasteiger partial charge in [-0.1, -0.05) is 6.07 Å². The average Bonchev–Trinajstić information content (AvgIpc) is 3.03. The lowest BCUT2D eigenvalue weighted by molar-refractivity contribution is 0.102. The Kier molecular flexibility index (Phi) is 4.21. The standard InChI is InChI=1S/C19H15FN6O/c1-11-16-9-14(10-22-18(16)26-25-11)24-19(27)15-6-3-7-21-17(15)23-13-5-2-4-12(20)8-13/h2-10H,1H3,(H,21,23)(H,24,27)(H,22,25,26). The second kappa shape index (κ2) is 6.83. The van der Waals surface area contributed by atoms with Crippen molar-refractivity contribution in [1.82, 2.24) is 20.2 Å². The minimum absolute atomic E-state index is 0.325. The normalized spacial score (nSPS) is 10.7. The van der Waals surface area contributed by atoms with Gasteiger partial charge in [-0.3, -0.25) is 9.89 Å². The maximum absolute atomic E-state index is 13.4. The molecule has 0 aliphatic rings. The average molecular weight is 362 g/mol. The van der Waals surface area contributed by atoms with Crippen molar-refractivity contribution >= 4 is 34.1 Å². The van der Waals surface area contributed by atoms with E-state index in [1.807, 2.05) is 6.92 Å². The summed E-state index contributed by atoms with van der Waals surface area (Å²) in [4.78, 5) is 21.2. The van der Waals surface area contributed by atoms with Crippen LogP contribution in [0, 0.1) is 12.7 Å². The number of carbonyl (C=O) groups excluding carboxylic acids is 1. The predicted molar refractivity (Wildman–Crippen MR) is 100 cm³/mol. The molecule has 1 aromatic carbocycles. The van der Waals surface area contributed by atoms with Crippen molar-refractivity contribution in [3.05, 3.63) is 71.9 Å². The van der Waals surface area contributed by atoms with E-state index in [-0.39, 0.29) is 11.7 Å². The third kappa shape index (κ3) is 3.45. The zero-order valence-electron chi connectivity index (χ0n) is 14.3. The molecule has 27 heavy (non-hydrogen) atoms. The van der Waals surface area contributed by atoms with Crippen LogP contribution in [-0.2, 0) is 0 Å². The van der Waals surface area contributed by atoms with Crippen LogP contribution in [0.15, 0.2) is 54.9 Å². The Bertz CT molecular complexity index is 1140. The fraction of sp³-hybridized carbons (Fsp3) is 0.0526. The Balaban J connectivity index is 1.60. The Labute approximate surface area is 153 Å². The number of amides is 1. The molecule has 4 rings (SSSR count). The van der Waals surface area contributed by atoms with Crippen molar-refractivity contribution in [3.63, 3.8) is 0 Å². The number of hydrogen-bond acceptors (Lipinski definition) is 5. The first kappa shape index (κ1) is 16.6. The van der Waals surface area contributed by atoms with Crippen LogP contribution in [0.5, 0.6) is 0 Å². The van der Waals surface area contributed by atoms with E-state index in [0.29, 0.717) is 28.4 Å². The van der Waals surface area contributed by atoms with Crippen LogP contribution in [-0.4, -0.2) is 26.1 Å². The molecule has 0 unspecified atom stereocenters. The van der Waals surface area contributed by atoms with Gasteiger partial charge in [0.2, 0.25) is 0 Å². The van der Waals surface area contributed by atoms with E-state index in [2.05, 4.69) is 30.8 Å². The molecule has 0 bridgehead atoms. The number of H-pyrrole nitrogens is 1. The number of pyridine rings is 2. The number of anilines is 3. The second-order valence-corrected chi connectivity index (χ2v) is 5.93. The van der Waals surface area contributed by atoms with Crippen LogP contribution in [0.2, 0.25) is 0 Å². The fourth-order valence-corrected chi connectivity index (χ4v) is 2.68. The zero-order valence-corrected chi connectivity index (χ0v) is 14.3. The maximum atomic E-state index is 13.4. The summed E-state index contributed by atoms with van der Waals surface area (Å²) in [6.45, 7) is 1.88. The third-order valence-corrected chi connectivity index (χ3v) is 4.00. The first-order chi connectivity index (χ1) is 13.1. The highest BCUT2D eigenvalue weighted by molar-refractivity contribution is 6.08. The molecule has 1 amide bonds. The van der Waals surface area contributed by atoms with E-state index < -0.39 is 0 Å².